The maximum absolute atomic E-state index is 13.7. The molecule has 2 rings (SSSR count). The minimum atomic E-state index is -0.681. The van der Waals surface area contributed by atoms with Crippen LogP contribution >= 0.6 is 0 Å². The van der Waals surface area contributed by atoms with Crippen LogP contribution in [0.5, 0.6) is 5.75 Å². The fourth-order valence-electron chi connectivity index (χ4n) is 2.18. The molecule has 1 aromatic carbocycles. The van der Waals surface area contributed by atoms with Crippen LogP contribution in [0.3, 0.4) is 0 Å². The second-order valence-corrected chi connectivity index (χ2v) is 4.73. The summed E-state index contributed by atoms with van der Waals surface area (Å²) in [4.78, 5) is 0. The zero-order valence-corrected chi connectivity index (χ0v) is 10.8. The first-order chi connectivity index (χ1) is 9.20. The van der Waals surface area contributed by atoms with Gasteiger partial charge in [0.15, 0.2) is 17.4 Å². The van der Waals surface area contributed by atoms with E-state index in [1.807, 2.05) is 0 Å². The number of nitrogens with two attached hydrogens (primary N) is 1. The summed E-state index contributed by atoms with van der Waals surface area (Å²) in [6.07, 6.45) is 3.34. The highest BCUT2D eigenvalue weighted by Gasteiger charge is 2.18. The Bertz CT molecular complexity index is 397. The maximum atomic E-state index is 13.7. The fraction of sp³-hybridized carbons (Fsp3) is 0.571. The van der Waals surface area contributed by atoms with E-state index in [1.54, 1.807) is 0 Å². The molecule has 3 nitrogen and oxygen atoms in total. The molecule has 0 aliphatic carbocycles. The second-order valence-electron chi connectivity index (χ2n) is 4.73. The van der Waals surface area contributed by atoms with E-state index < -0.39 is 11.6 Å². The predicted molar refractivity (Wildman–Crippen MR) is 68.2 cm³/mol. The number of hydrogen-bond acceptors (Lipinski definition) is 3. The zero-order chi connectivity index (χ0) is 13.7. The Hall–Kier alpha value is -1.20. The molecular formula is C14H19F2NO2. The maximum Gasteiger partial charge on any atom is 0.190 e. The van der Waals surface area contributed by atoms with Crippen LogP contribution < -0.4 is 10.5 Å². The molecule has 1 aliphatic rings. The van der Waals surface area contributed by atoms with Gasteiger partial charge in [-0.25, -0.2) is 8.78 Å². The first kappa shape index (κ1) is 14.2. The van der Waals surface area contributed by atoms with Gasteiger partial charge in [-0.2, -0.15) is 0 Å². The lowest BCUT2D eigenvalue weighted by molar-refractivity contribution is -0.0124. The van der Waals surface area contributed by atoms with E-state index in [2.05, 4.69) is 0 Å². The van der Waals surface area contributed by atoms with Crippen LogP contribution in [0.15, 0.2) is 12.1 Å². The van der Waals surface area contributed by atoms with Crippen LogP contribution in [0.4, 0.5) is 8.78 Å². The summed E-state index contributed by atoms with van der Waals surface area (Å²) in [6.45, 7) is 1.23. The lowest BCUT2D eigenvalue weighted by atomic mass is 10.1. The predicted octanol–water partition coefficient (Wildman–Crippen LogP) is 2.41. The van der Waals surface area contributed by atoms with Gasteiger partial charge < -0.3 is 15.2 Å². The van der Waals surface area contributed by atoms with Crippen molar-refractivity contribution in [1.82, 2.24) is 0 Å². The van der Waals surface area contributed by atoms with Gasteiger partial charge in [0.1, 0.15) is 6.61 Å². The highest BCUT2D eigenvalue weighted by Crippen LogP contribution is 2.24. The lowest BCUT2D eigenvalue weighted by Gasteiger charge is -2.22. The molecule has 0 saturated carbocycles. The third kappa shape index (κ3) is 3.88. The summed E-state index contributed by atoms with van der Waals surface area (Å²) in [6, 6.07) is 2.54. The van der Waals surface area contributed by atoms with E-state index >= 15 is 0 Å². The molecule has 0 amide bonds. The van der Waals surface area contributed by atoms with Gasteiger partial charge in [-0.15, -0.1) is 0 Å². The van der Waals surface area contributed by atoms with Crippen molar-refractivity contribution in [2.24, 2.45) is 5.73 Å². The van der Waals surface area contributed by atoms with E-state index in [9.17, 15) is 8.78 Å². The molecule has 1 aromatic rings. The molecule has 1 atom stereocenters. The van der Waals surface area contributed by atoms with Crippen LogP contribution in [0.25, 0.3) is 0 Å². The Balaban J connectivity index is 1.99. The first-order valence-corrected chi connectivity index (χ1v) is 6.63. The molecule has 0 radical (unpaired) electrons. The molecule has 5 heteroatoms. The number of halogens is 2. The number of ether oxygens (including phenoxy) is 2. The molecule has 1 saturated heterocycles. The monoisotopic (exact) mass is 271 g/mol. The SMILES string of the molecule is NCCc1cc(F)c(OCC2CCCCO2)c(F)c1. The average Bonchev–Trinajstić information content (AvgIpc) is 2.39. The van der Waals surface area contributed by atoms with Crippen LogP contribution in [0.1, 0.15) is 24.8 Å². The average molecular weight is 271 g/mol. The van der Waals surface area contributed by atoms with Gasteiger partial charge in [0.25, 0.3) is 0 Å². The molecule has 2 N–H and O–H groups in total. The minimum Gasteiger partial charge on any atom is -0.485 e. The van der Waals surface area contributed by atoms with Gasteiger partial charge in [0.2, 0.25) is 0 Å². The number of hydrogen-bond donors (Lipinski definition) is 1. The fourth-order valence-corrected chi connectivity index (χ4v) is 2.18. The van der Waals surface area contributed by atoms with Gasteiger partial charge in [-0.1, -0.05) is 0 Å². The number of benzene rings is 1. The van der Waals surface area contributed by atoms with Crippen molar-refractivity contribution in [3.8, 4) is 5.75 Å². The standard InChI is InChI=1S/C14H19F2NO2/c15-12-7-10(4-5-17)8-13(16)14(12)19-9-11-3-1-2-6-18-11/h7-8,11H,1-6,9,17H2. The van der Waals surface area contributed by atoms with Crippen LogP contribution in [0, 0.1) is 11.6 Å². The molecule has 0 spiro atoms. The van der Waals surface area contributed by atoms with Crippen molar-refractivity contribution in [1.29, 1.82) is 0 Å². The van der Waals surface area contributed by atoms with Gasteiger partial charge in [0.05, 0.1) is 6.10 Å². The molecule has 1 unspecified atom stereocenters. The third-order valence-corrected chi connectivity index (χ3v) is 3.18. The van der Waals surface area contributed by atoms with Crippen molar-refractivity contribution >= 4 is 0 Å². The van der Waals surface area contributed by atoms with Crippen LogP contribution in [-0.4, -0.2) is 25.9 Å². The Morgan fingerprint density at radius 3 is 2.58 bits per heavy atom. The van der Waals surface area contributed by atoms with E-state index in [4.69, 9.17) is 15.2 Å². The van der Waals surface area contributed by atoms with Crippen molar-refractivity contribution in [2.75, 3.05) is 19.8 Å². The largest absolute Gasteiger partial charge is 0.485 e. The summed E-state index contributed by atoms with van der Waals surface area (Å²) < 4.78 is 38.2. The van der Waals surface area contributed by atoms with E-state index in [0.29, 0.717) is 25.1 Å². The summed E-state index contributed by atoms with van der Waals surface area (Å²) in [7, 11) is 0. The lowest BCUT2D eigenvalue weighted by Crippen LogP contribution is -2.26. The van der Waals surface area contributed by atoms with Crippen molar-refractivity contribution in [3.63, 3.8) is 0 Å². The Kier molecular flexibility index (Phi) is 5.10. The highest BCUT2D eigenvalue weighted by atomic mass is 19.1. The highest BCUT2D eigenvalue weighted by molar-refractivity contribution is 5.31. The first-order valence-electron chi connectivity index (χ1n) is 6.63. The van der Waals surface area contributed by atoms with Gasteiger partial charge in [-0.05, 0) is 49.9 Å². The van der Waals surface area contributed by atoms with Crippen molar-refractivity contribution in [3.05, 3.63) is 29.3 Å². The van der Waals surface area contributed by atoms with Gasteiger partial charge >= 0.3 is 0 Å². The number of rotatable bonds is 5. The van der Waals surface area contributed by atoms with E-state index in [-0.39, 0.29) is 18.5 Å². The summed E-state index contributed by atoms with van der Waals surface area (Å²) >= 11 is 0. The molecule has 1 aliphatic heterocycles. The zero-order valence-electron chi connectivity index (χ0n) is 10.8. The quantitative estimate of drug-likeness (QED) is 0.894. The summed E-state index contributed by atoms with van der Waals surface area (Å²) in [5, 5.41) is 0. The van der Waals surface area contributed by atoms with Crippen LogP contribution in [-0.2, 0) is 11.2 Å². The van der Waals surface area contributed by atoms with E-state index in [0.717, 1.165) is 19.3 Å². The van der Waals surface area contributed by atoms with E-state index in [1.165, 1.54) is 12.1 Å². The summed E-state index contributed by atoms with van der Waals surface area (Å²) in [5.41, 5.74) is 5.90. The molecule has 0 aromatic heterocycles. The van der Waals surface area contributed by atoms with Crippen molar-refractivity contribution in [2.45, 2.75) is 31.8 Å². The molecule has 0 bridgehead atoms. The molecule has 1 fully saturated rings. The Morgan fingerprint density at radius 1 is 1.26 bits per heavy atom. The Morgan fingerprint density at radius 2 is 2.00 bits per heavy atom. The van der Waals surface area contributed by atoms with Crippen molar-refractivity contribution < 1.29 is 18.3 Å². The molecule has 19 heavy (non-hydrogen) atoms. The Labute approximate surface area is 111 Å². The third-order valence-electron chi connectivity index (χ3n) is 3.18. The summed E-state index contributed by atoms with van der Waals surface area (Å²) in [5.74, 6) is -1.69. The minimum absolute atomic E-state index is 0.0729. The topological polar surface area (TPSA) is 44.5 Å². The molecule has 106 valence electrons. The van der Waals surface area contributed by atoms with Crippen LogP contribution in [0.2, 0.25) is 0 Å². The molecule has 1 heterocycles. The smallest absolute Gasteiger partial charge is 0.190 e. The second kappa shape index (κ2) is 6.82. The normalized spacial score (nSPS) is 19.4. The van der Waals surface area contributed by atoms with Gasteiger partial charge in [-0.3, -0.25) is 0 Å². The molecular weight excluding hydrogens is 252 g/mol. The van der Waals surface area contributed by atoms with Gasteiger partial charge in [0, 0.05) is 6.61 Å².